The van der Waals surface area contributed by atoms with E-state index < -0.39 is 15.6 Å². The molecule has 0 aliphatic heterocycles. The van der Waals surface area contributed by atoms with Gasteiger partial charge in [0.25, 0.3) is 0 Å². The van der Waals surface area contributed by atoms with E-state index in [1.54, 1.807) is 0 Å². The molecule has 0 atom stereocenters. The Morgan fingerprint density at radius 2 is 1.71 bits per heavy atom. The summed E-state index contributed by atoms with van der Waals surface area (Å²) in [5.41, 5.74) is -1.07. The molecule has 0 heterocycles. The number of nitrogens with one attached hydrogen (secondary N) is 1. The van der Waals surface area contributed by atoms with Crippen LogP contribution < -0.4 is 4.72 Å². The van der Waals surface area contributed by atoms with Crippen LogP contribution in [0.3, 0.4) is 0 Å². The molecule has 0 spiro atoms. The summed E-state index contributed by atoms with van der Waals surface area (Å²) in [6, 6.07) is 5.03. The van der Waals surface area contributed by atoms with E-state index >= 15 is 0 Å². The molecule has 1 aliphatic rings. The first-order valence-electron chi connectivity index (χ1n) is 6.39. The van der Waals surface area contributed by atoms with E-state index in [-0.39, 0.29) is 14.9 Å². The minimum Gasteiger partial charge on any atom is -0.207 e. The van der Waals surface area contributed by atoms with Gasteiger partial charge in [0.1, 0.15) is 10.4 Å². The van der Waals surface area contributed by atoms with Gasteiger partial charge in [0.05, 0.1) is 16.1 Å². The average Bonchev–Trinajstić information content (AvgIpc) is 2.37. The van der Waals surface area contributed by atoms with Gasteiger partial charge in [-0.1, -0.05) is 58.4 Å². The topological polar surface area (TPSA) is 70.0 Å². The molecule has 1 fully saturated rings. The molecule has 0 radical (unpaired) electrons. The largest absolute Gasteiger partial charge is 0.244 e. The number of hydrogen-bond donors (Lipinski definition) is 1. The number of nitrogens with zero attached hydrogens (tertiary/aromatic N) is 1. The number of nitriles is 1. The van der Waals surface area contributed by atoms with E-state index in [9.17, 15) is 13.7 Å². The molecule has 0 bridgehead atoms. The van der Waals surface area contributed by atoms with Gasteiger partial charge in [-0.25, -0.2) is 8.42 Å². The summed E-state index contributed by atoms with van der Waals surface area (Å²) in [6.45, 7) is 0. The molecule has 0 amide bonds. The number of sulfonamides is 1. The van der Waals surface area contributed by atoms with Crippen LogP contribution in [0.1, 0.15) is 32.1 Å². The highest BCUT2D eigenvalue weighted by Gasteiger charge is 2.38. The van der Waals surface area contributed by atoms with Crippen molar-refractivity contribution in [2.75, 3.05) is 0 Å². The van der Waals surface area contributed by atoms with Crippen LogP contribution in [0.25, 0.3) is 0 Å². The van der Waals surface area contributed by atoms with E-state index in [2.05, 4.69) is 26.7 Å². The SMILES string of the molecule is N#CC1(NS(=O)(=O)c2c(Cl)cc(Br)cc2Cl)CCCCC1. The summed E-state index contributed by atoms with van der Waals surface area (Å²) in [4.78, 5) is -0.186. The smallest absolute Gasteiger partial charge is 0.207 e. The van der Waals surface area contributed by atoms with Gasteiger partial charge >= 0.3 is 0 Å². The van der Waals surface area contributed by atoms with Crippen molar-refractivity contribution in [2.24, 2.45) is 0 Å². The quantitative estimate of drug-likeness (QED) is 0.807. The summed E-state index contributed by atoms with van der Waals surface area (Å²) in [5.74, 6) is 0. The Hall–Kier alpha value is -0.320. The fourth-order valence-corrected chi connectivity index (χ4v) is 5.80. The highest BCUT2D eigenvalue weighted by atomic mass is 79.9. The molecule has 0 aromatic heterocycles. The van der Waals surface area contributed by atoms with Gasteiger partial charge in [-0.2, -0.15) is 9.98 Å². The van der Waals surface area contributed by atoms with Crippen molar-refractivity contribution < 1.29 is 8.42 Å². The molecular weight excluding hydrogens is 399 g/mol. The van der Waals surface area contributed by atoms with E-state index in [1.165, 1.54) is 12.1 Å². The maximum Gasteiger partial charge on any atom is 0.244 e. The summed E-state index contributed by atoms with van der Waals surface area (Å²) in [5, 5.41) is 9.42. The highest BCUT2D eigenvalue weighted by molar-refractivity contribution is 9.10. The molecule has 1 aromatic carbocycles. The predicted molar refractivity (Wildman–Crippen MR) is 85.9 cm³/mol. The van der Waals surface area contributed by atoms with E-state index in [1.807, 2.05) is 0 Å². The maximum atomic E-state index is 12.6. The van der Waals surface area contributed by atoms with Crippen LogP contribution in [0.2, 0.25) is 10.0 Å². The minimum atomic E-state index is -3.97. The second kappa shape index (κ2) is 6.43. The van der Waals surface area contributed by atoms with Crippen LogP contribution in [-0.4, -0.2) is 14.0 Å². The summed E-state index contributed by atoms with van der Waals surface area (Å²) in [6.07, 6.45) is 3.63. The van der Waals surface area contributed by atoms with Gasteiger partial charge in [0.15, 0.2) is 0 Å². The van der Waals surface area contributed by atoms with E-state index in [4.69, 9.17) is 23.2 Å². The Morgan fingerprint density at radius 3 is 2.19 bits per heavy atom. The van der Waals surface area contributed by atoms with Crippen LogP contribution in [0, 0.1) is 11.3 Å². The molecular formula is C13H13BrCl2N2O2S. The lowest BCUT2D eigenvalue weighted by Crippen LogP contribution is -2.48. The molecule has 4 nitrogen and oxygen atoms in total. The first-order valence-corrected chi connectivity index (χ1v) is 9.43. The lowest BCUT2D eigenvalue weighted by atomic mass is 9.84. The van der Waals surface area contributed by atoms with Crippen LogP contribution in [-0.2, 0) is 10.0 Å². The van der Waals surface area contributed by atoms with Gasteiger partial charge < -0.3 is 0 Å². The van der Waals surface area contributed by atoms with E-state index in [0.29, 0.717) is 17.3 Å². The summed E-state index contributed by atoms with van der Waals surface area (Å²) >= 11 is 15.2. The molecule has 0 unspecified atom stereocenters. The Bertz CT molecular complexity index is 672. The normalized spacial score (nSPS) is 18.2. The standard InChI is InChI=1S/C13H13BrCl2N2O2S/c14-9-6-10(15)12(11(16)7-9)21(19,20)18-13(8-17)4-2-1-3-5-13/h6-7,18H,1-5H2. The molecule has 2 rings (SSSR count). The van der Waals surface area contributed by atoms with Crippen molar-refractivity contribution in [3.8, 4) is 6.07 Å². The zero-order chi connectivity index (χ0) is 15.7. The van der Waals surface area contributed by atoms with Crippen LogP contribution in [0.15, 0.2) is 21.5 Å². The molecule has 114 valence electrons. The molecule has 21 heavy (non-hydrogen) atoms. The van der Waals surface area contributed by atoms with Gasteiger partial charge in [0, 0.05) is 4.47 Å². The van der Waals surface area contributed by atoms with Crippen LogP contribution in [0.4, 0.5) is 0 Å². The van der Waals surface area contributed by atoms with E-state index in [0.717, 1.165) is 19.3 Å². The average molecular weight is 412 g/mol. The zero-order valence-corrected chi connectivity index (χ0v) is 14.9. The first kappa shape index (κ1) is 17.0. The maximum absolute atomic E-state index is 12.6. The molecule has 1 N–H and O–H groups in total. The molecule has 1 aromatic rings. The number of hydrogen-bond acceptors (Lipinski definition) is 3. The van der Waals surface area contributed by atoms with Gasteiger partial charge in [0.2, 0.25) is 10.0 Å². The van der Waals surface area contributed by atoms with Crippen molar-refractivity contribution in [1.29, 1.82) is 5.26 Å². The minimum absolute atomic E-state index is 0.0192. The van der Waals surface area contributed by atoms with Crippen LogP contribution >= 0.6 is 39.1 Å². The third-order valence-corrected chi connectivity index (χ3v) is 6.40. The highest BCUT2D eigenvalue weighted by Crippen LogP contribution is 2.35. The van der Waals surface area contributed by atoms with Crippen molar-refractivity contribution in [2.45, 2.75) is 42.5 Å². The molecule has 0 saturated heterocycles. The third kappa shape index (κ3) is 3.72. The summed E-state index contributed by atoms with van der Waals surface area (Å²) < 4.78 is 28.2. The van der Waals surface area contributed by atoms with Gasteiger partial charge in [-0.3, -0.25) is 0 Å². The lowest BCUT2D eigenvalue weighted by Gasteiger charge is -2.31. The lowest BCUT2D eigenvalue weighted by molar-refractivity contribution is 0.338. The Labute approximate surface area is 142 Å². The molecule has 1 aliphatic carbocycles. The second-order valence-electron chi connectivity index (χ2n) is 5.06. The fraction of sp³-hybridized carbons (Fsp3) is 0.462. The number of halogens is 3. The monoisotopic (exact) mass is 410 g/mol. The number of rotatable bonds is 3. The summed E-state index contributed by atoms with van der Waals surface area (Å²) in [7, 11) is -3.97. The van der Waals surface area contributed by atoms with Crippen molar-refractivity contribution in [3.05, 3.63) is 26.7 Å². The third-order valence-electron chi connectivity index (χ3n) is 3.48. The van der Waals surface area contributed by atoms with Gasteiger partial charge in [-0.05, 0) is 25.0 Å². The number of benzene rings is 1. The Kier molecular flexibility index (Phi) is 5.22. The first-order chi connectivity index (χ1) is 9.80. The Morgan fingerprint density at radius 1 is 1.19 bits per heavy atom. The van der Waals surface area contributed by atoms with Crippen molar-refractivity contribution >= 4 is 49.2 Å². The van der Waals surface area contributed by atoms with Crippen molar-refractivity contribution in [3.63, 3.8) is 0 Å². The predicted octanol–water partition coefficient (Wildman–Crippen LogP) is 4.26. The second-order valence-corrected chi connectivity index (χ2v) is 8.41. The molecule has 8 heteroatoms. The van der Waals surface area contributed by atoms with Crippen molar-refractivity contribution in [1.82, 2.24) is 4.72 Å². The van der Waals surface area contributed by atoms with Crippen LogP contribution in [0.5, 0.6) is 0 Å². The Balaban J connectivity index is 2.42. The van der Waals surface area contributed by atoms with Gasteiger partial charge in [-0.15, -0.1) is 0 Å². The zero-order valence-electron chi connectivity index (χ0n) is 11.0. The molecule has 1 saturated carbocycles. The fourth-order valence-electron chi connectivity index (χ4n) is 2.49.